The van der Waals surface area contributed by atoms with Crippen LogP contribution in [0.25, 0.3) is 5.76 Å². The van der Waals surface area contributed by atoms with E-state index in [0.29, 0.717) is 17.0 Å². The van der Waals surface area contributed by atoms with Gasteiger partial charge in [0, 0.05) is 5.56 Å². The van der Waals surface area contributed by atoms with Crippen LogP contribution in [0.15, 0.2) is 70.5 Å². The fourth-order valence-electron chi connectivity index (χ4n) is 1.88. The molecule has 2 aromatic carbocycles. The number of benzene rings is 2. The minimum absolute atomic E-state index is 0.323. The molecule has 0 atom stereocenters. The van der Waals surface area contributed by atoms with Crippen molar-refractivity contribution in [3.05, 3.63) is 65.9 Å². The number of nitrogens with zero attached hydrogens (tertiary/aromatic N) is 2. The summed E-state index contributed by atoms with van der Waals surface area (Å²) in [5.41, 5.74) is 0.231. The highest BCUT2D eigenvalue weighted by Gasteiger charge is 2.24. The van der Waals surface area contributed by atoms with Crippen LogP contribution in [0, 0.1) is 0 Å². The van der Waals surface area contributed by atoms with Crippen LogP contribution in [-0.4, -0.2) is 31.1 Å². The highest BCUT2D eigenvalue weighted by molar-refractivity contribution is 6.41. The van der Waals surface area contributed by atoms with Gasteiger partial charge in [0.25, 0.3) is 5.78 Å². The second kappa shape index (κ2) is 8.39. The Morgan fingerprint density at radius 3 is 2.16 bits per heavy atom. The molecule has 0 aliphatic carbocycles. The molecule has 0 unspecified atom stereocenters. The Labute approximate surface area is 144 Å². The highest BCUT2D eigenvalue weighted by Crippen LogP contribution is 2.22. The molecule has 2 aromatic rings. The fourth-order valence-corrected chi connectivity index (χ4v) is 1.88. The molecule has 0 radical (unpaired) electrons. The number of esters is 1. The average Bonchev–Trinajstić information content (AvgIpc) is 2.68. The lowest BCUT2D eigenvalue weighted by Crippen LogP contribution is -2.18. The third-order valence-electron chi connectivity index (χ3n) is 3.20. The summed E-state index contributed by atoms with van der Waals surface area (Å²) in [6, 6.07) is 14.8. The second-order valence-corrected chi connectivity index (χ2v) is 4.78. The topological polar surface area (TPSA) is 97.6 Å². The number of Topliss-reactive ketones (excluding diaryl/α,β-unsaturated/α-hetero) is 1. The first kappa shape index (κ1) is 17.9. The summed E-state index contributed by atoms with van der Waals surface area (Å²) in [5.74, 6) is -2.08. The number of carbonyl (C=O) groups excluding carboxylic acids is 2. The number of methoxy groups -OCH3 is 2. The van der Waals surface area contributed by atoms with Gasteiger partial charge in [0.2, 0.25) is 0 Å². The van der Waals surface area contributed by atoms with Crippen molar-refractivity contribution in [1.82, 2.24) is 0 Å². The molecule has 7 nitrogen and oxygen atoms in total. The van der Waals surface area contributed by atoms with Crippen molar-refractivity contribution in [1.29, 1.82) is 0 Å². The van der Waals surface area contributed by atoms with Gasteiger partial charge in [0.05, 0.1) is 19.9 Å². The number of hydrogen-bond acceptors (Lipinski definition) is 7. The van der Waals surface area contributed by atoms with E-state index < -0.39 is 23.2 Å². The summed E-state index contributed by atoms with van der Waals surface area (Å²) in [6.45, 7) is 0. The summed E-state index contributed by atoms with van der Waals surface area (Å²) in [6.07, 6.45) is 0. The van der Waals surface area contributed by atoms with Crippen LogP contribution in [0.3, 0.4) is 0 Å². The summed E-state index contributed by atoms with van der Waals surface area (Å²) < 4.78 is 9.45. The van der Waals surface area contributed by atoms with Gasteiger partial charge in [0.1, 0.15) is 5.75 Å². The number of aliphatic hydroxyl groups excluding tert-OH is 1. The Bertz CT molecular complexity index is 811. The molecule has 0 bridgehead atoms. The second-order valence-electron chi connectivity index (χ2n) is 4.78. The minimum atomic E-state index is -1.15. The molecular weight excluding hydrogens is 324 g/mol. The number of hydrogen-bond donors (Lipinski definition) is 1. The van der Waals surface area contributed by atoms with E-state index in [1.165, 1.54) is 7.11 Å². The molecule has 0 saturated heterocycles. The number of rotatable bonds is 6. The highest BCUT2D eigenvalue weighted by atomic mass is 16.5. The van der Waals surface area contributed by atoms with Gasteiger partial charge in [-0.15, -0.1) is 5.11 Å². The first-order valence-corrected chi connectivity index (χ1v) is 7.24. The third kappa shape index (κ3) is 4.51. The van der Waals surface area contributed by atoms with Crippen LogP contribution in [0.1, 0.15) is 5.56 Å². The predicted molar refractivity (Wildman–Crippen MR) is 90.5 cm³/mol. The van der Waals surface area contributed by atoms with E-state index in [2.05, 4.69) is 15.0 Å². The molecule has 7 heteroatoms. The Hall–Kier alpha value is -3.48. The standard InChI is InChI=1S/C18H16N2O5/c1-24-14-10-8-13(9-11-14)19-20-15(17(22)18(23)25-2)16(21)12-6-4-3-5-7-12/h3-11,21H,1-2H3/b16-15-,20-19?. The molecule has 0 saturated carbocycles. The first-order chi connectivity index (χ1) is 12.1. The Balaban J connectivity index is 2.42. The lowest BCUT2D eigenvalue weighted by Gasteiger charge is -2.04. The number of azo groups is 1. The monoisotopic (exact) mass is 340 g/mol. The molecule has 0 amide bonds. The Kier molecular flexibility index (Phi) is 6.00. The zero-order valence-corrected chi connectivity index (χ0v) is 13.7. The smallest absolute Gasteiger partial charge is 0.381 e. The van der Waals surface area contributed by atoms with Gasteiger partial charge in [-0.3, -0.25) is 4.79 Å². The summed E-state index contributed by atoms with van der Waals surface area (Å²) in [5, 5.41) is 18.0. The quantitative estimate of drug-likeness (QED) is 0.285. The third-order valence-corrected chi connectivity index (χ3v) is 3.20. The van der Waals surface area contributed by atoms with Crippen molar-refractivity contribution in [2.45, 2.75) is 0 Å². The maximum atomic E-state index is 12.1. The van der Waals surface area contributed by atoms with Crippen LogP contribution in [0.4, 0.5) is 5.69 Å². The van der Waals surface area contributed by atoms with Gasteiger partial charge >= 0.3 is 5.97 Å². The number of carbonyl (C=O) groups is 2. The molecule has 0 aliphatic heterocycles. The molecule has 25 heavy (non-hydrogen) atoms. The van der Waals surface area contributed by atoms with E-state index in [1.807, 2.05) is 0 Å². The van der Waals surface area contributed by atoms with Crippen molar-refractivity contribution in [2.75, 3.05) is 14.2 Å². The van der Waals surface area contributed by atoms with E-state index in [9.17, 15) is 14.7 Å². The van der Waals surface area contributed by atoms with Crippen molar-refractivity contribution in [3.63, 3.8) is 0 Å². The lowest BCUT2D eigenvalue weighted by atomic mass is 10.1. The zero-order chi connectivity index (χ0) is 18.2. The lowest BCUT2D eigenvalue weighted by molar-refractivity contribution is -0.149. The molecule has 2 rings (SSSR count). The number of ketones is 1. The SMILES string of the molecule is COC(=O)C(=O)/C(N=Nc1ccc(OC)cc1)=C(/O)c1ccccc1. The maximum absolute atomic E-state index is 12.1. The maximum Gasteiger partial charge on any atom is 0.381 e. The summed E-state index contributed by atoms with van der Waals surface area (Å²) in [4.78, 5) is 23.7. The fraction of sp³-hybridized carbons (Fsp3) is 0.111. The van der Waals surface area contributed by atoms with Gasteiger partial charge in [-0.2, -0.15) is 5.11 Å². The van der Waals surface area contributed by atoms with Crippen molar-refractivity contribution in [2.24, 2.45) is 10.2 Å². The Morgan fingerprint density at radius 2 is 1.60 bits per heavy atom. The van der Waals surface area contributed by atoms with E-state index >= 15 is 0 Å². The van der Waals surface area contributed by atoms with Gasteiger partial charge in [-0.05, 0) is 24.3 Å². The zero-order valence-electron chi connectivity index (χ0n) is 13.7. The molecule has 0 spiro atoms. The molecule has 0 fully saturated rings. The van der Waals surface area contributed by atoms with Crippen molar-refractivity contribution < 1.29 is 24.2 Å². The van der Waals surface area contributed by atoms with Gasteiger partial charge in [-0.1, -0.05) is 30.3 Å². The van der Waals surface area contributed by atoms with Crippen molar-refractivity contribution in [3.8, 4) is 5.75 Å². The minimum Gasteiger partial charge on any atom is -0.505 e. The molecule has 0 aliphatic rings. The summed E-state index contributed by atoms with van der Waals surface area (Å²) >= 11 is 0. The molecule has 128 valence electrons. The van der Waals surface area contributed by atoms with Gasteiger partial charge < -0.3 is 14.6 Å². The molecule has 0 aromatic heterocycles. The molecular formula is C18H16N2O5. The van der Waals surface area contributed by atoms with E-state index in [4.69, 9.17) is 4.74 Å². The van der Waals surface area contributed by atoms with Gasteiger partial charge in [-0.25, -0.2) is 4.79 Å². The molecule has 1 N–H and O–H groups in total. The van der Waals surface area contributed by atoms with Crippen LogP contribution < -0.4 is 4.74 Å². The number of aliphatic hydroxyl groups is 1. The largest absolute Gasteiger partial charge is 0.505 e. The van der Waals surface area contributed by atoms with Crippen LogP contribution in [0.2, 0.25) is 0 Å². The average molecular weight is 340 g/mol. The van der Waals surface area contributed by atoms with Gasteiger partial charge in [0.15, 0.2) is 11.5 Å². The normalized spacial score (nSPS) is 11.8. The number of ether oxygens (including phenoxy) is 2. The predicted octanol–water partition coefficient (Wildman–Crippen LogP) is 3.45. The molecule has 0 heterocycles. The van der Waals surface area contributed by atoms with E-state index in [0.717, 1.165) is 7.11 Å². The first-order valence-electron chi connectivity index (χ1n) is 7.24. The Morgan fingerprint density at radius 1 is 0.960 bits per heavy atom. The van der Waals surface area contributed by atoms with E-state index in [-0.39, 0.29) is 0 Å². The van der Waals surface area contributed by atoms with Crippen LogP contribution >= 0.6 is 0 Å². The summed E-state index contributed by atoms with van der Waals surface area (Å²) in [7, 11) is 2.60. The van der Waals surface area contributed by atoms with Crippen molar-refractivity contribution >= 4 is 23.2 Å². The van der Waals surface area contributed by atoms with Crippen LogP contribution in [-0.2, 0) is 14.3 Å². The van der Waals surface area contributed by atoms with E-state index in [1.54, 1.807) is 54.6 Å². The van der Waals surface area contributed by atoms with Crippen LogP contribution in [0.5, 0.6) is 5.75 Å².